The molecule has 0 N–H and O–H groups in total. The molecule has 0 saturated heterocycles. The highest BCUT2D eigenvalue weighted by atomic mass is 79.9. The number of aromatic nitrogens is 4. The minimum atomic E-state index is 0.468. The van der Waals surface area contributed by atoms with Crippen LogP contribution in [0.5, 0.6) is 0 Å². The van der Waals surface area contributed by atoms with Crippen molar-refractivity contribution in [3.63, 3.8) is 0 Å². The van der Waals surface area contributed by atoms with Gasteiger partial charge in [0.25, 0.3) is 5.89 Å². The van der Waals surface area contributed by atoms with E-state index in [4.69, 9.17) is 4.42 Å². The second-order valence-electron chi connectivity index (χ2n) is 2.62. The molecule has 0 aliphatic heterocycles. The van der Waals surface area contributed by atoms with E-state index in [9.17, 15) is 0 Å². The van der Waals surface area contributed by atoms with Crippen LogP contribution in [0.1, 0.15) is 5.69 Å². The molecule has 0 bridgehead atoms. The molecule has 2 aromatic heterocycles. The molecule has 0 atom stereocenters. The van der Waals surface area contributed by atoms with Crippen molar-refractivity contribution in [2.45, 2.75) is 6.92 Å². The lowest BCUT2D eigenvalue weighted by atomic mass is 10.4. The van der Waals surface area contributed by atoms with Gasteiger partial charge in [-0.3, -0.25) is 4.68 Å². The van der Waals surface area contributed by atoms with Gasteiger partial charge in [-0.2, -0.15) is 5.10 Å². The van der Waals surface area contributed by atoms with Crippen molar-refractivity contribution in [3.8, 4) is 11.6 Å². The Bertz CT molecular complexity index is 420. The molecule has 0 aliphatic carbocycles. The first-order chi connectivity index (χ1) is 6.20. The molecule has 0 unspecified atom stereocenters. The summed E-state index contributed by atoms with van der Waals surface area (Å²) < 4.78 is 7.67. The van der Waals surface area contributed by atoms with E-state index in [-0.39, 0.29) is 0 Å². The van der Waals surface area contributed by atoms with Crippen LogP contribution in [0.4, 0.5) is 0 Å². The van der Waals surface area contributed by atoms with Crippen molar-refractivity contribution in [1.82, 2.24) is 20.0 Å². The molecular weight excluding hydrogens is 236 g/mol. The average Bonchev–Trinajstić information content (AvgIpc) is 2.63. The molecule has 5 nitrogen and oxygen atoms in total. The summed E-state index contributed by atoms with van der Waals surface area (Å²) in [5, 5.41) is 11.6. The summed E-state index contributed by atoms with van der Waals surface area (Å²) in [7, 11) is 1.83. The van der Waals surface area contributed by atoms with Gasteiger partial charge in [-0.25, -0.2) is 0 Å². The molecule has 0 amide bonds. The van der Waals surface area contributed by atoms with Crippen LogP contribution < -0.4 is 0 Å². The number of nitrogens with zero attached hydrogens (tertiary/aromatic N) is 4. The lowest BCUT2D eigenvalue weighted by molar-refractivity contribution is 0.559. The van der Waals surface area contributed by atoms with Crippen molar-refractivity contribution in [2.24, 2.45) is 7.05 Å². The summed E-state index contributed by atoms with van der Waals surface area (Å²) in [6, 6.07) is 0. The Hall–Kier alpha value is -1.17. The Morgan fingerprint density at radius 2 is 2.31 bits per heavy atom. The van der Waals surface area contributed by atoms with E-state index < -0.39 is 0 Å². The molecule has 0 spiro atoms. The highest BCUT2D eigenvalue weighted by Gasteiger charge is 2.16. The van der Waals surface area contributed by atoms with Crippen LogP contribution in [-0.4, -0.2) is 20.0 Å². The fourth-order valence-electron chi connectivity index (χ4n) is 1.14. The van der Waals surface area contributed by atoms with Gasteiger partial charge in [-0.15, -0.1) is 10.2 Å². The van der Waals surface area contributed by atoms with Crippen LogP contribution in [0.25, 0.3) is 11.6 Å². The zero-order chi connectivity index (χ0) is 9.42. The molecule has 0 saturated carbocycles. The zero-order valence-electron chi connectivity index (χ0n) is 7.15. The average molecular weight is 243 g/mol. The quantitative estimate of drug-likeness (QED) is 0.762. The number of rotatable bonds is 1. The van der Waals surface area contributed by atoms with E-state index in [1.165, 1.54) is 6.39 Å². The molecule has 0 fully saturated rings. The minimum absolute atomic E-state index is 0.468. The number of halogens is 1. The standard InChI is InChI=1S/C7H7BrN4O/c1-4-5(8)6(12(2)11-4)7-10-9-3-13-7/h3H,1-2H3. The van der Waals surface area contributed by atoms with E-state index in [2.05, 4.69) is 31.2 Å². The van der Waals surface area contributed by atoms with Crippen LogP contribution in [0.15, 0.2) is 15.3 Å². The lowest BCUT2D eigenvalue weighted by Crippen LogP contribution is -1.94. The van der Waals surface area contributed by atoms with Gasteiger partial charge >= 0.3 is 0 Å². The van der Waals surface area contributed by atoms with Gasteiger partial charge in [0.1, 0.15) is 5.69 Å². The van der Waals surface area contributed by atoms with Gasteiger partial charge in [0.2, 0.25) is 6.39 Å². The summed E-state index contributed by atoms with van der Waals surface area (Å²) in [4.78, 5) is 0. The molecule has 13 heavy (non-hydrogen) atoms. The van der Waals surface area contributed by atoms with Crippen molar-refractivity contribution < 1.29 is 4.42 Å². The molecule has 68 valence electrons. The molecule has 0 aliphatic rings. The molecular formula is C7H7BrN4O. The van der Waals surface area contributed by atoms with Gasteiger partial charge in [0.05, 0.1) is 10.2 Å². The van der Waals surface area contributed by atoms with Gasteiger partial charge in [-0.1, -0.05) is 0 Å². The van der Waals surface area contributed by atoms with Crippen molar-refractivity contribution in [2.75, 3.05) is 0 Å². The van der Waals surface area contributed by atoms with Gasteiger partial charge in [0, 0.05) is 7.05 Å². The molecule has 2 aromatic rings. The third-order valence-corrected chi connectivity index (χ3v) is 2.66. The van der Waals surface area contributed by atoms with E-state index >= 15 is 0 Å². The van der Waals surface area contributed by atoms with Gasteiger partial charge in [-0.05, 0) is 22.9 Å². The maximum absolute atomic E-state index is 5.08. The summed E-state index contributed by atoms with van der Waals surface area (Å²) in [6.07, 6.45) is 1.30. The molecule has 0 aromatic carbocycles. The van der Waals surface area contributed by atoms with Crippen molar-refractivity contribution in [3.05, 3.63) is 16.6 Å². The van der Waals surface area contributed by atoms with E-state index in [0.717, 1.165) is 15.9 Å². The minimum Gasteiger partial charge on any atom is -0.422 e. The van der Waals surface area contributed by atoms with Crippen LogP contribution in [-0.2, 0) is 7.05 Å². The third-order valence-electron chi connectivity index (χ3n) is 1.71. The van der Waals surface area contributed by atoms with Gasteiger partial charge in [0.15, 0.2) is 0 Å². The fraction of sp³-hybridized carbons (Fsp3) is 0.286. The Kier molecular flexibility index (Phi) is 1.91. The molecule has 2 rings (SSSR count). The van der Waals surface area contributed by atoms with Crippen LogP contribution in [0.3, 0.4) is 0 Å². The van der Waals surface area contributed by atoms with Crippen LogP contribution in [0.2, 0.25) is 0 Å². The summed E-state index contributed by atoms with van der Waals surface area (Å²) in [5.41, 5.74) is 1.70. The fourth-order valence-corrected chi connectivity index (χ4v) is 1.65. The maximum Gasteiger partial charge on any atom is 0.266 e. The number of aryl methyl sites for hydroxylation is 2. The van der Waals surface area contributed by atoms with Crippen LogP contribution in [0, 0.1) is 6.92 Å². The zero-order valence-corrected chi connectivity index (χ0v) is 8.74. The normalized spacial score (nSPS) is 10.7. The first-order valence-electron chi connectivity index (χ1n) is 3.66. The monoisotopic (exact) mass is 242 g/mol. The van der Waals surface area contributed by atoms with E-state index in [1.807, 2.05) is 14.0 Å². The highest BCUT2D eigenvalue weighted by molar-refractivity contribution is 9.10. The SMILES string of the molecule is Cc1nn(C)c(-c2nnco2)c1Br. The first-order valence-corrected chi connectivity index (χ1v) is 4.45. The second kappa shape index (κ2) is 2.95. The molecule has 2 heterocycles. The molecule has 6 heteroatoms. The second-order valence-corrected chi connectivity index (χ2v) is 3.41. The summed E-state index contributed by atoms with van der Waals surface area (Å²) in [6.45, 7) is 1.91. The summed E-state index contributed by atoms with van der Waals surface area (Å²) >= 11 is 3.41. The first kappa shape index (κ1) is 8.43. The molecule has 0 radical (unpaired) electrons. The van der Waals surface area contributed by atoms with Gasteiger partial charge < -0.3 is 4.42 Å². The number of hydrogen-bond acceptors (Lipinski definition) is 4. The van der Waals surface area contributed by atoms with E-state index in [0.29, 0.717) is 5.89 Å². The lowest BCUT2D eigenvalue weighted by Gasteiger charge is -1.94. The maximum atomic E-state index is 5.08. The largest absolute Gasteiger partial charge is 0.422 e. The highest BCUT2D eigenvalue weighted by Crippen LogP contribution is 2.28. The predicted octanol–water partition coefficient (Wildman–Crippen LogP) is 1.54. The predicted molar refractivity (Wildman–Crippen MR) is 48.9 cm³/mol. The van der Waals surface area contributed by atoms with Crippen molar-refractivity contribution in [1.29, 1.82) is 0 Å². The summed E-state index contributed by atoms with van der Waals surface area (Å²) in [5.74, 6) is 0.468. The van der Waals surface area contributed by atoms with Crippen LogP contribution >= 0.6 is 15.9 Å². The third kappa shape index (κ3) is 1.27. The topological polar surface area (TPSA) is 56.7 Å². The Morgan fingerprint density at radius 3 is 2.77 bits per heavy atom. The Morgan fingerprint density at radius 1 is 1.54 bits per heavy atom. The Labute approximate surface area is 82.9 Å². The van der Waals surface area contributed by atoms with E-state index in [1.54, 1.807) is 4.68 Å². The van der Waals surface area contributed by atoms with Crippen molar-refractivity contribution >= 4 is 15.9 Å². The smallest absolute Gasteiger partial charge is 0.266 e. The Balaban J connectivity index is 2.64. The number of hydrogen-bond donors (Lipinski definition) is 0.